The van der Waals surface area contributed by atoms with Crippen molar-refractivity contribution < 1.29 is 19.4 Å². The van der Waals surface area contributed by atoms with Gasteiger partial charge in [-0.2, -0.15) is 0 Å². The topological polar surface area (TPSA) is 67.8 Å². The van der Waals surface area contributed by atoms with Crippen LogP contribution in [0.5, 0.6) is 5.75 Å². The van der Waals surface area contributed by atoms with Crippen molar-refractivity contribution in [3.63, 3.8) is 0 Å². The molecule has 1 aromatic rings. The van der Waals surface area contributed by atoms with E-state index in [0.29, 0.717) is 18.9 Å². The molecule has 1 amide bonds. The highest BCUT2D eigenvalue weighted by molar-refractivity contribution is 5.77. The molecule has 5 nitrogen and oxygen atoms in total. The smallest absolute Gasteiger partial charge is 0.257 e. The molecule has 0 saturated heterocycles. The first-order valence-corrected chi connectivity index (χ1v) is 5.84. The van der Waals surface area contributed by atoms with Gasteiger partial charge in [0.25, 0.3) is 5.91 Å². The summed E-state index contributed by atoms with van der Waals surface area (Å²) >= 11 is 0. The number of aliphatic hydroxyl groups excluding tert-OH is 1. The summed E-state index contributed by atoms with van der Waals surface area (Å²) in [6, 6.07) is 6.96. The van der Waals surface area contributed by atoms with Crippen LogP contribution in [0.3, 0.4) is 0 Å². The molecule has 100 valence electrons. The molecule has 0 saturated carbocycles. The molecule has 0 unspecified atom stereocenters. The molecule has 0 fully saturated rings. The standard InChI is InChI=1S/C13H19NO4/c1-17-8-2-7-14-13(16)10-18-12-5-3-11(9-15)4-6-12/h3-6,15H,2,7-10H2,1H3,(H,14,16). The number of amides is 1. The first-order valence-electron chi connectivity index (χ1n) is 5.84. The van der Waals surface area contributed by atoms with E-state index in [1.807, 2.05) is 0 Å². The lowest BCUT2D eigenvalue weighted by Crippen LogP contribution is -2.30. The van der Waals surface area contributed by atoms with Crippen molar-refractivity contribution in [3.8, 4) is 5.75 Å². The summed E-state index contributed by atoms with van der Waals surface area (Å²) in [6.07, 6.45) is 0.785. The SMILES string of the molecule is COCCCNC(=O)COc1ccc(CO)cc1. The third-order valence-corrected chi connectivity index (χ3v) is 2.32. The number of aliphatic hydroxyl groups is 1. The number of methoxy groups -OCH3 is 1. The molecule has 0 heterocycles. The van der Waals surface area contributed by atoms with Crippen LogP contribution in [0, 0.1) is 0 Å². The molecule has 0 atom stereocenters. The van der Waals surface area contributed by atoms with Gasteiger partial charge < -0.3 is 19.9 Å². The highest BCUT2D eigenvalue weighted by Crippen LogP contribution is 2.11. The van der Waals surface area contributed by atoms with Crippen LogP contribution in [-0.2, 0) is 16.1 Å². The molecule has 5 heteroatoms. The number of nitrogens with one attached hydrogen (secondary N) is 1. The zero-order valence-corrected chi connectivity index (χ0v) is 10.5. The minimum absolute atomic E-state index is 0.000264. The fourth-order valence-electron chi connectivity index (χ4n) is 1.34. The highest BCUT2D eigenvalue weighted by Gasteiger charge is 2.02. The molecule has 0 aliphatic carbocycles. The van der Waals surface area contributed by atoms with Crippen molar-refractivity contribution in [1.82, 2.24) is 5.32 Å². The largest absolute Gasteiger partial charge is 0.484 e. The van der Waals surface area contributed by atoms with Gasteiger partial charge in [0.2, 0.25) is 0 Å². The van der Waals surface area contributed by atoms with Gasteiger partial charge in [-0.05, 0) is 24.1 Å². The van der Waals surface area contributed by atoms with Gasteiger partial charge in [0, 0.05) is 20.3 Å². The van der Waals surface area contributed by atoms with Gasteiger partial charge in [-0.15, -0.1) is 0 Å². The van der Waals surface area contributed by atoms with E-state index in [0.717, 1.165) is 12.0 Å². The first-order chi connectivity index (χ1) is 8.76. The molecule has 0 radical (unpaired) electrons. The van der Waals surface area contributed by atoms with Crippen LogP contribution in [0.1, 0.15) is 12.0 Å². The van der Waals surface area contributed by atoms with Crippen molar-refractivity contribution in [3.05, 3.63) is 29.8 Å². The molecule has 18 heavy (non-hydrogen) atoms. The summed E-state index contributed by atoms with van der Waals surface area (Å²) < 4.78 is 10.2. The fourth-order valence-corrected chi connectivity index (χ4v) is 1.34. The van der Waals surface area contributed by atoms with Gasteiger partial charge in [-0.25, -0.2) is 0 Å². The summed E-state index contributed by atoms with van der Waals surface area (Å²) in [6.45, 7) is 1.20. The zero-order chi connectivity index (χ0) is 13.2. The van der Waals surface area contributed by atoms with E-state index in [-0.39, 0.29) is 19.1 Å². The molecule has 2 N–H and O–H groups in total. The lowest BCUT2D eigenvalue weighted by Gasteiger charge is -2.07. The monoisotopic (exact) mass is 253 g/mol. The molecule has 0 bridgehead atoms. The van der Waals surface area contributed by atoms with Crippen LogP contribution in [0.15, 0.2) is 24.3 Å². The Hall–Kier alpha value is -1.59. The van der Waals surface area contributed by atoms with Crippen LogP contribution in [0.4, 0.5) is 0 Å². The number of hydrogen-bond acceptors (Lipinski definition) is 4. The van der Waals surface area contributed by atoms with Gasteiger partial charge >= 0.3 is 0 Å². The van der Waals surface area contributed by atoms with E-state index >= 15 is 0 Å². The Balaban J connectivity index is 2.20. The number of ether oxygens (including phenoxy) is 2. The van der Waals surface area contributed by atoms with E-state index in [1.54, 1.807) is 31.4 Å². The summed E-state index contributed by atoms with van der Waals surface area (Å²) in [7, 11) is 1.63. The predicted molar refractivity (Wildman–Crippen MR) is 67.4 cm³/mol. The second-order valence-electron chi connectivity index (χ2n) is 3.79. The fraction of sp³-hybridized carbons (Fsp3) is 0.462. The second-order valence-corrected chi connectivity index (χ2v) is 3.79. The maximum absolute atomic E-state index is 11.4. The van der Waals surface area contributed by atoms with Gasteiger partial charge in [0.1, 0.15) is 5.75 Å². The number of hydrogen-bond donors (Lipinski definition) is 2. The van der Waals surface area contributed by atoms with E-state index in [1.165, 1.54) is 0 Å². The average Bonchev–Trinajstić information content (AvgIpc) is 2.42. The average molecular weight is 253 g/mol. The number of carbonyl (C=O) groups is 1. The van der Waals surface area contributed by atoms with Crippen LogP contribution in [0.25, 0.3) is 0 Å². The van der Waals surface area contributed by atoms with Crippen molar-refractivity contribution in [2.45, 2.75) is 13.0 Å². The van der Waals surface area contributed by atoms with Gasteiger partial charge in [0.15, 0.2) is 6.61 Å². The molecule has 1 rings (SSSR count). The minimum Gasteiger partial charge on any atom is -0.484 e. The Morgan fingerprint density at radius 3 is 2.67 bits per heavy atom. The predicted octanol–water partition coefficient (Wildman–Crippen LogP) is 0.710. The van der Waals surface area contributed by atoms with Crippen molar-refractivity contribution in [2.75, 3.05) is 26.9 Å². The Labute approximate surface area is 107 Å². The first kappa shape index (κ1) is 14.5. The molecule has 1 aromatic carbocycles. The van der Waals surface area contributed by atoms with E-state index in [2.05, 4.69) is 5.32 Å². The van der Waals surface area contributed by atoms with Gasteiger partial charge in [0.05, 0.1) is 6.61 Å². The third kappa shape index (κ3) is 5.65. The van der Waals surface area contributed by atoms with Crippen LogP contribution in [-0.4, -0.2) is 37.9 Å². The Morgan fingerprint density at radius 1 is 1.33 bits per heavy atom. The van der Waals surface area contributed by atoms with Gasteiger partial charge in [-0.3, -0.25) is 4.79 Å². The molecule has 0 aliphatic heterocycles. The summed E-state index contributed by atoms with van der Waals surface area (Å²) in [5, 5.41) is 11.6. The minimum atomic E-state index is -0.155. The van der Waals surface area contributed by atoms with Crippen molar-refractivity contribution in [2.24, 2.45) is 0 Å². The lowest BCUT2D eigenvalue weighted by molar-refractivity contribution is -0.123. The Kier molecular flexibility index (Phi) is 6.83. The number of benzene rings is 1. The van der Waals surface area contributed by atoms with E-state index in [4.69, 9.17) is 14.6 Å². The molecular weight excluding hydrogens is 234 g/mol. The summed E-state index contributed by atoms with van der Waals surface area (Å²) in [4.78, 5) is 11.4. The summed E-state index contributed by atoms with van der Waals surface area (Å²) in [5.41, 5.74) is 0.811. The van der Waals surface area contributed by atoms with Crippen LogP contribution in [0.2, 0.25) is 0 Å². The second kappa shape index (κ2) is 8.49. The lowest BCUT2D eigenvalue weighted by atomic mass is 10.2. The third-order valence-electron chi connectivity index (χ3n) is 2.32. The maximum atomic E-state index is 11.4. The number of rotatable bonds is 8. The molecule has 0 spiro atoms. The summed E-state index contributed by atoms with van der Waals surface area (Å²) in [5.74, 6) is 0.455. The quantitative estimate of drug-likeness (QED) is 0.670. The van der Waals surface area contributed by atoms with Crippen molar-refractivity contribution in [1.29, 1.82) is 0 Å². The molecular formula is C13H19NO4. The zero-order valence-electron chi connectivity index (χ0n) is 10.5. The Bertz CT molecular complexity index is 351. The highest BCUT2D eigenvalue weighted by atomic mass is 16.5. The molecule has 0 aliphatic rings. The molecule has 0 aromatic heterocycles. The van der Waals surface area contributed by atoms with Crippen LogP contribution < -0.4 is 10.1 Å². The Morgan fingerprint density at radius 2 is 2.06 bits per heavy atom. The normalized spacial score (nSPS) is 10.1. The van der Waals surface area contributed by atoms with Crippen LogP contribution >= 0.6 is 0 Å². The van der Waals surface area contributed by atoms with Crippen molar-refractivity contribution >= 4 is 5.91 Å². The maximum Gasteiger partial charge on any atom is 0.257 e. The van der Waals surface area contributed by atoms with E-state index < -0.39 is 0 Å². The van der Waals surface area contributed by atoms with Gasteiger partial charge in [-0.1, -0.05) is 12.1 Å². The number of carbonyl (C=O) groups excluding carboxylic acids is 1. The van der Waals surface area contributed by atoms with E-state index in [9.17, 15) is 4.79 Å².